The summed E-state index contributed by atoms with van der Waals surface area (Å²) in [5.41, 5.74) is 2.54. The Bertz CT molecular complexity index is 829. The average Bonchev–Trinajstić information content (AvgIpc) is 2.99. The molecule has 0 aliphatic heterocycles. The number of hydrogen-bond donors (Lipinski definition) is 2. The molecule has 0 saturated heterocycles. The molecule has 3 aromatic rings. The molecule has 0 bridgehead atoms. The minimum absolute atomic E-state index is 0.485. The van der Waals surface area contributed by atoms with Crippen molar-refractivity contribution in [2.45, 2.75) is 6.54 Å². The smallest absolute Gasteiger partial charge is 0.175 e. The predicted octanol–water partition coefficient (Wildman–Crippen LogP) is 5.05. The van der Waals surface area contributed by atoms with E-state index < -0.39 is 0 Å². The normalized spacial score (nSPS) is 10.4. The van der Waals surface area contributed by atoms with Gasteiger partial charge in [0.05, 0.1) is 18.4 Å². The Morgan fingerprint density at radius 1 is 0.958 bits per heavy atom. The van der Waals surface area contributed by atoms with Gasteiger partial charge in [-0.25, -0.2) is 0 Å². The second-order valence-corrected chi connectivity index (χ2v) is 6.29. The lowest BCUT2D eigenvalue weighted by Gasteiger charge is -2.09. The molecule has 0 unspecified atom stereocenters. The Labute approximate surface area is 155 Å². The predicted molar refractivity (Wildman–Crippen MR) is 104 cm³/mol. The molecule has 122 valence electrons. The monoisotopic (exact) mass is 376 g/mol. The summed E-state index contributed by atoms with van der Waals surface area (Å²) in [5, 5.41) is 12.2. The third-order valence-electron chi connectivity index (χ3n) is 3.30. The lowest BCUT2D eigenvalue weighted by Crippen LogP contribution is -2.18. The molecule has 1 aromatic heterocycles. The summed E-state index contributed by atoms with van der Waals surface area (Å²) in [6, 6.07) is 15.2. The third kappa shape index (κ3) is 4.26. The molecular weight excluding hydrogens is 363 g/mol. The molecule has 0 saturated carbocycles. The molecule has 0 amide bonds. The van der Waals surface area contributed by atoms with Crippen molar-refractivity contribution in [1.29, 1.82) is 0 Å². The molecule has 0 aliphatic carbocycles. The van der Waals surface area contributed by atoms with Crippen molar-refractivity contribution < 1.29 is 0 Å². The first-order valence-electron chi connectivity index (χ1n) is 7.20. The van der Waals surface area contributed by atoms with Crippen LogP contribution >= 0.6 is 35.4 Å². The topological polar surface area (TPSA) is 41.9 Å². The average molecular weight is 377 g/mol. The zero-order chi connectivity index (χ0) is 16.9. The van der Waals surface area contributed by atoms with Crippen LogP contribution in [0.5, 0.6) is 0 Å². The Morgan fingerprint density at radius 2 is 1.62 bits per heavy atom. The van der Waals surface area contributed by atoms with E-state index in [-0.39, 0.29) is 0 Å². The maximum absolute atomic E-state index is 6.19. The van der Waals surface area contributed by atoms with E-state index in [0.29, 0.717) is 21.7 Å². The SMILES string of the molecule is S=C(Nc1ccccc1)Nc1cnn(Cc2c(Cl)cccc2Cl)c1. The second kappa shape index (κ2) is 7.66. The van der Waals surface area contributed by atoms with Crippen LogP contribution in [0.1, 0.15) is 5.56 Å². The summed E-state index contributed by atoms with van der Waals surface area (Å²) in [6.07, 6.45) is 3.54. The first kappa shape index (κ1) is 16.8. The highest BCUT2D eigenvalue weighted by Crippen LogP contribution is 2.25. The van der Waals surface area contributed by atoms with Gasteiger partial charge in [0, 0.05) is 27.5 Å². The van der Waals surface area contributed by atoms with Crippen LogP contribution in [-0.2, 0) is 6.54 Å². The van der Waals surface area contributed by atoms with Crippen LogP contribution in [0.4, 0.5) is 11.4 Å². The third-order valence-corrected chi connectivity index (χ3v) is 4.22. The molecule has 0 atom stereocenters. The number of para-hydroxylation sites is 1. The van der Waals surface area contributed by atoms with Crippen LogP contribution in [0.15, 0.2) is 60.9 Å². The van der Waals surface area contributed by atoms with Gasteiger partial charge in [0.15, 0.2) is 5.11 Å². The van der Waals surface area contributed by atoms with E-state index in [9.17, 15) is 0 Å². The zero-order valence-corrected chi connectivity index (χ0v) is 14.9. The van der Waals surface area contributed by atoms with Gasteiger partial charge in [-0.2, -0.15) is 5.10 Å². The highest BCUT2D eigenvalue weighted by atomic mass is 35.5. The van der Waals surface area contributed by atoms with Crippen LogP contribution in [0, 0.1) is 0 Å². The lowest BCUT2D eigenvalue weighted by atomic mass is 10.2. The van der Waals surface area contributed by atoms with E-state index in [0.717, 1.165) is 16.9 Å². The summed E-state index contributed by atoms with van der Waals surface area (Å²) in [5.74, 6) is 0. The molecule has 7 heteroatoms. The fourth-order valence-electron chi connectivity index (χ4n) is 2.17. The summed E-state index contributed by atoms with van der Waals surface area (Å²) < 4.78 is 1.75. The van der Waals surface area contributed by atoms with Crippen molar-refractivity contribution in [3.63, 3.8) is 0 Å². The number of aromatic nitrogens is 2. The van der Waals surface area contributed by atoms with E-state index in [4.69, 9.17) is 35.4 Å². The van der Waals surface area contributed by atoms with E-state index >= 15 is 0 Å². The van der Waals surface area contributed by atoms with Gasteiger partial charge in [-0.1, -0.05) is 47.5 Å². The Kier molecular flexibility index (Phi) is 5.35. The molecule has 24 heavy (non-hydrogen) atoms. The Hall–Kier alpha value is -2.08. The van der Waals surface area contributed by atoms with E-state index in [1.807, 2.05) is 54.7 Å². The van der Waals surface area contributed by atoms with Crippen molar-refractivity contribution in [1.82, 2.24) is 9.78 Å². The van der Waals surface area contributed by atoms with Gasteiger partial charge < -0.3 is 10.6 Å². The van der Waals surface area contributed by atoms with Crippen molar-refractivity contribution in [2.24, 2.45) is 0 Å². The number of halogens is 2. The maximum Gasteiger partial charge on any atom is 0.175 e. The van der Waals surface area contributed by atoms with Gasteiger partial charge in [0.2, 0.25) is 0 Å². The van der Waals surface area contributed by atoms with Crippen LogP contribution in [0.2, 0.25) is 10.0 Å². The minimum Gasteiger partial charge on any atom is -0.332 e. The number of hydrogen-bond acceptors (Lipinski definition) is 2. The van der Waals surface area contributed by atoms with E-state index in [1.165, 1.54) is 0 Å². The maximum atomic E-state index is 6.19. The number of anilines is 2. The number of rotatable bonds is 4. The van der Waals surface area contributed by atoms with Gasteiger partial charge >= 0.3 is 0 Å². The lowest BCUT2D eigenvalue weighted by molar-refractivity contribution is 0.687. The molecule has 0 radical (unpaired) electrons. The first-order valence-corrected chi connectivity index (χ1v) is 8.36. The quantitative estimate of drug-likeness (QED) is 0.625. The van der Waals surface area contributed by atoms with E-state index in [2.05, 4.69) is 15.7 Å². The fraction of sp³-hybridized carbons (Fsp3) is 0.0588. The molecule has 2 N–H and O–H groups in total. The van der Waals surface area contributed by atoms with Crippen LogP contribution in [-0.4, -0.2) is 14.9 Å². The molecule has 4 nitrogen and oxygen atoms in total. The van der Waals surface area contributed by atoms with Crippen LogP contribution < -0.4 is 10.6 Å². The van der Waals surface area contributed by atoms with Gasteiger partial charge in [-0.05, 0) is 36.5 Å². The molecule has 0 spiro atoms. The van der Waals surface area contributed by atoms with Crippen molar-refractivity contribution in [3.8, 4) is 0 Å². The largest absolute Gasteiger partial charge is 0.332 e. The minimum atomic E-state index is 0.485. The van der Waals surface area contributed by atoms with Crippen molar-refractivity contribution >= 4 is 51.9 Å². The number of benzene rings is 2. The molecular formula is C17H14Cl2N4S. The number of nitrogens with one attached hydrogen (secondary N) is 2. The Balaban J connectivity index is 1.64. The van der Waals surface area contributed by atoms with Crippen molar-refractivity contribution in [2.75, 3.05) is 10.6 Å². The molecule has 0 aliphatic rings. The molecule has 1 heterocycles. The van der Waals surface area contributed by atoms with Gasteiger partial charge in [0.1, 0.15) is 0 Å². The van der Waals surface area contributed by atoms with Gasteiger partial charge in [-0.15, -0.1) is 0 Å². The second-order valence-electron chi connectivity index (χ2n) is 5.07. The number of thiocarbonyl (C=S) groups is 1. The van der Waals surface area contributed by atoms with Gasteiger partial charge in [-0.3, -0.25) is 4.68 Å². The standard InChI is InChI=1S/C17H14Cl2N4S/c18-15-7-4-8-16(19)14(15)11-23-10-13(9-20-23)22-17(24)21-12-5-2-1-3-6-12/h1-10H,11H2,(H2,21,22,24). The summed E-state index contributed by atoms with van der Waals surface area (Å²) in [4.78, 5) is 0. The fourth-order valence-corrected chi connectivity index (χ4v) is 2.93. The first-order chi connectivity index (χ1) is 11.6. The summed E-state index contributed by atoms with van der Waals surface area (Å²) >= 11 is 17.7. The molecule has 0 fully saturated rings. The zero-order valence-electron chi connectivity index (χ0n) is 12.5. The highest BCUT2D eigenvalue weighted by molar-refractivity contribution is 7.80. The van der Waals surface area contributed by atoms with Gasteiger partial charge in [0.25, 0.3) is 0 Å². The van der Waals surface area contributed by atoms with E-state index in [1.54, 1.807) is 10.9 Å². The summed E-state index contributed by atoms with van der Waals surface area (Å²) in [7, 11) is 0. The van der Waals surface area contributed by atoms with Crippen molar-refractivity contribution in [3.05, 3.63) is 76.5 Å². The van der Waals surface area contributed by atoms with Crippen LogP contribution in [0.25, 0.3) is 0 Å². The molecule has 2 aromatic carbocycles. The highest BCUT2D eigenvalue weighted by Gasteiger charge is 2.08. The summed E-state index contributed by atoms with van der Waals surface area (Å²) in [6.45, 7) is 0.485. The Morgan fingerprint density at radius 3 is 2.33 bits per heavy atom. The number of nitrogens with zero attached hydrogens (tertiary/aromatic N) is 2. The van der Waals surface area contributed by atoms with Crippen LogP contribution in [0.3, 0.4) is 0 Å². The molecule has 3 rings (SSSR count).